The van der Waals surface area contributed by atoms with Gasteiger partial charge in [0.2, 0.25) is 0 Å². The van der Waals surface area contributed by atoms with Gasteiger partial charge in [-0.15, -0.1) is 0 Å². The summed E-state index contributed by atoms with van der Waals surface area (Å²) in [5.41, 5.74) is 0. The van der Waals surface area contributed by atoms with Crippen molar-refractivity contribution in [1.82, 2.24) is 0 Å². The number of halogens is 2. The van der Waals surface area contributed by atoms with Crippen LogP contribution in [0.1, 0.15) is 19.3 Å². The van der Waals surface area contributed by atoms with Gasteiger partial charge in [-0.25, -0.2) is 0 Å². The fourth-order valence-electron chi connectivity index (χ4n) is 1.93. The van der Waals surface area contributed by atoms with Crippen LogP contribution < -0.4 is 0 Å². The maximum absolute atomic E-state index is 10.6. The molecule has 3 nitrogen and oxygen atoms in total. The predicted molar refractivity (Wildman–Crippen MR) is 60.4 cm³/mol. The Kier molecular flexibility index (Phi) is 4.60. The Morgan fingerprint density at radius 3 is 2.57 bits per heavy atom. The normalized spacial score (nSPS) is 31.5. The van der Waals surface area contributed by atoms with Gasteiger partial charge in [-0.05, 0) is 50.6 Å². The molecule has 1 rings (SSSR count). The van der Waals surface area contributed by atoms with Crippen molar-refractivity contribution >= 4 is 37.8 Å². The highest BCUT2D eigenvalue weighted by Gasteiger charge is 2.35. The summed E-state index contributed by atoms with van der Waals surface area (Å²) < 4.78 is 0.819. The van der Waals surface area contributed by atoms with E-state index in [0.717, 1.165) is 9.81 Å². The SMILES string of the molecule is O=C(O)CC1C(O)CCC1C=C(Br)Br. The molecule has 0 radical (unpaired) electrons. The summed E-state index contributed by atoms with van der Waals surface area (Å²) in [6.45, 7) is 0. The number of carboxylic acid groups (broad SMARTS) is 1. The largest absolute Gasteiger partial charge is 0.481 e. The molecule has 0 aromatic rings. The van der Waals surface area contributed by atoms with Gasteiger partial charge in [0.05, 0.1) is 15.9 Å². The minimum absolute atomic E-state index is 0.0373. The number of aliphatic hydroxyl groups excluding tert-OH is 1. The molecule has 80 valence electrons. The van der Waals surface area contributed by atoms with E-state index in [2.05, 4.69) is 31.9 Å². The van der Waals surface area contributed by atoms with Gasteiger partial charge >= 0.3 is 5.97 Å². The van der Waals surface area contributed by atoms with Crippen LogP contribution in [-0.2, 0) is 4.79 Å². The van der Waals surface area contributed by atoms with E-state index in [1.807, 2.05) is 6.08 Å². The summed E-state index contributed by atoms with van der Waals surface area (Å²) in [6.07, 6.45) is 3.01. The van der Waals surface area contributed by atoms with E-state index in [1.54, 1.807) is 0 Å². The third-order valence-electron chi connectivity index (χ3n) is 2.59. The van der Waals surface area contributed by atoms with E-state index in [0.29, 0.717) is 6.42 Å². The zero-order valence-electron chi connectivity index (χ0n) is 7.49. The van der Waals surface area contributed by atoms with Crippen LogP contribution in [0.2, 0.25) is 0 Å². The van der Waals surface area contributed by atoms with Gasteiger partial charge in [0.25, 0.3) is 0 Å². The lowest BCUT2D eigenvalue weighted by Gasteiger charge is -2.17. The number of carbonyl (C=O) groups is 1. The first-order valence-electron chi connectivity index (χ1n) is 4.43. The van der Waals surface area contributed by atoms with E-state index < -0.39 is 12.1 Å². The first-order chi connectivity index (χ1) is 6.50. The highest BCUT2D eigenvalue weighted by atomic mass is 79.9. The van der Waals surface area contributed by atoms with Crippen molar-refractivity contribution in [2.45, 2.75) is 25.4 Å². The van der Waals surface area contributed by atoms with Gasteiger partial charge in [0, 0.05) is 5.92 Å². The third kappa shape index (κ3) is 3.37. The second kappa shape index (κ2) is 5.28. The molecule has 1 aliphatic rings. The lowest BCUT2D eigenvalue weighted by Crippen LogP contribution is -2.21. The van der Waals surface area contributed by atoms with E-state index in [4.69, 9.17) is 5.11 Å². The average molecular weight is 328 g/mol. The van der Waals surface area contributed by atoms with Crippen LogP contribution in [0.15, 0.2) is 9.47 Å². The summed E-state index contributed by atoms with van der Waals surface area (Å²) in [5, 5.41) is 18.3. The summed E-state index contributed by atoms with van der Waals surface area (Å²) >= 11 is 6.49. The van der Waals surface area contributed by atoms with E-state index >= 15 is 0 Å². The van der Waals surface area contributed by atoms with E-state index in [9.17, 15) is 9.90 Å². The fraction of sp³-hybridized carbons (Fsp3) is 0.667. The van der Waals surface area contributed by atoms with Crippen LogP contribution in [0, 0.1) is 11.8 Å². The Hall–Kier alpha value is 0.130. The zero-order valence-corrected chi connectivity index (χ0v) is 10.7. The molecule has 0 saturated heterocycles. The molecular formula is C9H12Br2O3. The number of aliphatic carboxylic acids is 1. The van der Waals surface area contributed by atoms with Crippen LogP contribution >= 0.6 is 31.9 Å². The highest BCUT2D eigenvalue weighted by Crippen LogP contribution is 2.37. The summed E-state index contributed by atoms with van der Waals surface area (Å²) in [7, 11) is 0. The van der Waals surface area contributed by atoms with Crippen LogP contribution in [0.4, 0.5) is 0 Å². The molecule has 0 heterocycles. The molecule has 3 atom stereocenters. The lowest BCUT2D eigenvalue weighted by molar-refractivity contribution is -0.139. The molecule has 1 aliphatic carbocycles. The van der Waals surface area contributed by atoms with Crippen LogP contribution in [0.25, 0.3) is 0 Å². The topological polar surface area (TPSA) is 57.5 Å². The van der Waals surface area contributed by atoms with Crippen molar-refractivity contribution in [2.75, 3.05) is 0 Å². The van der Waals surface area contributed by atoms with Crippen molar-refractivity contribution < 1.29 is 15.0 Å². The average Bonchev–Trinajstić information content (AvgIpc) is 2.34. The number of aliphatic hydroxyl groups is 1. The maximum atomic E-state index is 10.6. The van der Waals surface area contributed by atoms with Gasteiger partial charge in [-0.3, -0.25) is 4.79 Å². The fourth-order valence-corrected chi connectivity index (χ4v) is 2.61. The van der Waals surface area contributed by atoms with Crippen molar-refractivity contribution in [1.29, 1.82) is 0 Å². The Balaban J connectivity index is 2.66. The van der Waals surface area contributed by atoms with Gasteiger partial charge in [0.1, 0.15) is 0 Å². The second-order valence-corrected chi connectivity index (χ2v) is 6.30. The Morgan fingerprint density at radius 1 is 1.43 bits per heavy atom. The van der Waals surface area contributed by atoms with Gasteiger partial charge in [0.15, 0.2) is 0 Å². The first-order valence-corrected chi connectivity index (χ1v) is 6.02. The number of carboxylic acids is 1. The van der Waals surface area contributed by atoms with Crippen molar-refractivity contribution in [3.8, 4) is 0 Å². The molecule has 0 aromatic heterocycles. The smallest absolute Gasteiger partial charge is 0.303 e. The van der Waals surface area contributed by atoms with Gasteiger partial charge < -0.3 is 10.2 Å². The Morgan fingerprint density at radius 2 is 2.07 bits per heavy atom. The van der Waals surface area contributed by atoms with Crippen molar-refractivity contribution in [3.05, 3.63) is 9.47 Å². The monoisotopic (exact) mass is 326 g/mol. The minimum Gasteiger partial charge on any atom is -0.481 e. The molecule has 0 spiro atoms. The number of allylic oxidation sites excluding steroid dienone is 1. The molecule has 0 aromatic carbocycles. The van der Waals surface area contributed by atoms with E-state index in [1.165, 1.54) is 0 Å². The lowest BCUT2D eigenvalue weighted by atomic mass is 9.92. The molecule has 1 fully saturated rings. The van der Waals surface area contributed by atoms with Crippen LogP contribution in [-0.4, -0.2) is 22.3 Å². The standard InChI is InChI=1S/C9H12Br2O3/c10-8(11)3-5-1-2-7(12)6(5)4-9(13)14/h3,5-7,12H,1-2,4H2,(H,13,14). The summed E-state index contributed by atoms with van der Waals surface area (Å²) in [4.78, 5) is 10.6. The summed E-state index contributed by atoms with van der Waals surface area (Å²) in [5.74, 6) is -0.854. The molecule has 2 N–H and O–H groups in total. The number of hydrogen-bond donors (Lipinski definition) is 2. The second-order valence-electron chi connectivity index (χ2n) is 3.53. The Bertz CT molecular complexity index is 248. The Labute approximate surface area is 99.4 Å². The molecule has 0 amide bonds. The van der Waals surface area contributed by atoms with Crippen LogP contribution in [0.5, 0.6) is 0 Å². The molecule has 0 bridgehead atoms. The molecule has 3 unspecified atom stereocenters. The third-order valence-corrected chi connectivity index (χ3v) is 3.12. The quantitative estimate of drug-likeness (QED) is 0.837. The molecule has 5 heteroatoms. The molecule has 14 heavy (non-hydrogen) atoms. The number of hydrogen-bond acceptors (Lipinski definition) is 2. The maximum Gasteiger partial charge on any atom is 0.303 e. The molecular weight excluding hydrogens is 316 g/mol. The molecule has 0 aliphatic heterocycles. The van der Waals surface area contributed by atoms with Gasteiger partial charge in [-0.1, -0.05) is 6.08 Å². The minimum atomic E-state index is -0.847. The van der Waals surface area contributed by atoms with Crippen molar-refractivity contribution in [2.24, 2.45) is 11.8 Å². The highest BCUT2D eigenvalue weighted by molar-refractivity contribution is 9.28. The summed E-state index contributed by atoms with van der Waals surface area (Å²) in [6, 6.07) is 0. The number of rotatable bonds is 3. The van der Waals surface area contributed by atoms with Crippen molar-refractivity contribution in [3.63, 3.8) is 0 Å². The van der Waals surface area contributed by atoms with Crippen LogP contribution in [0.3, 0.4) is 0 Å². The zero-order chi connectivity index (χ0) is 10.7. The first kappa shape index (κ1) is 12.2. The van der Waals surface area contributed by atoms with Gasteiger partial charge in [-0.2, -0.15) is 0 Å². The predicted octanol–water partition coefficient (Wildman–Crippen LogP) is 2.48. The van der Waals surface area contributed by atoms with E-state index in [-0.39, 0.29) is 18.3 Å². The molecule has 1 saturated carbocycles.